The lowest BCUT2D eigenvalue weighted by Crippen LogP contribution is -2.41. The van der Waals surface area contributed by atoms with Gasteiger partial charge >= 0.3 is 0 Å². The van der Waals surface area contributed by atoms with Crippen LogP contribution in [-0.2, 0) is 4.79 Å². The van der Waals surface area contributed by atoms with E-state index in [1.165, 1.54) is 7.11 Å². The number of nitrogens with one attached hydrogen (secondary N) is 1. The van der Waals surface area contributed by atoms with E-state index in [-0.39, 0.29) is 17.7 Å². The van der Waals surface area contributed by atoms with E-state index < -0.39 is 0 Å². The number of hydrogen-bond donors (Lipinski definition) is 1. The van der Waals surface area contributed by atoms with Crippen molar-refractivity contribution in [2.24, 2.45) is 5.92 Å². The van der Waals surface area contributed by atoms with Crippen LogP contribution in [0.5, 0.6) is 5.75 Å². The molecule has 9 heteroatoms. The fourth-order valence-electron chi connectivity index (χ4n) is 3.98. The fraction of sp³-hybridized carbons (Fsp3) is 0.292. The van der Waals surface area contributed by atoms with E-state index in [1.807, 2.05) is 25.1 Å². The second-order valence-corrected chi connectivity index (χ2v) is 8.84. The molecule has 0 saturated carbocycles. The monoisotopic (exact) mass is 486 g/mol. The van der Waals surface area contributed by atoms with Crippen molar-refractivity contribution >= 4 is 40.8 Å². The van der Waals surface area contributed by atoms with E-state index >= 15 is 0 Å². The van der Waals surface area contributed by atoms with Gasteiger partial charge in [0, 0.05) is 35.1 Å². The zero-order chi connectivity index (χ0) is 23.5. The summed E-state index contributed by atoms with van der Waals surface area (Å²) in [5.74, 6) is 0.614. The Kier molecular flexibility index (Phi) is 6.91. The van der Waals surface area contributed by atoms with Gasteiger partial charge in [0.15, 0.2) is 0 Å². The number of likely N-dealkylation sites (tertiary alicyclic amines) is 1. The number of aryl methyl sites for hydroxylation is 1. The normalized spacial score (nSPS) is 14.2. The van der Waals surface area contributed by atoms with Gasteiger partial charge in [0.1, 0.15) is 11.6 Å². The summed E-state index contributed by atoms with van der Waals surface area (Å²) < 4.78 is 6.98. The second kappa shape index (κ2) is 9.85. The third kappa shape index (κ3) is 5.15. The van der Waals surface area contributed by atoms with Crippen LogP contribution in [0.1, 0.15) is 28.9 Å². The van der Waals surface area contributed by atoms with E-state index in [4.69, 9.17) is 27.9 Å². The topological polar surface area (TPSA) is 76.5 Å². The number of piperidine rings is 1. The lowest BCUT2D eigenvalue weighted by molar-refractivity contribution is -0.121. The van der Waals surface area contributed by atoms with E-state index in [0.29, 0.717) is 53.1 Å². The molecule has 3 aromatic rings. The van der Waals surface area contributed by atoms with Crippen molar-refractivity contribution < 1.29 is 14.3 Å². The molecule has 0 radical (unpaired) electrons. The first-order valence-corrected chi connectivity index (χ1v) is 11.4. The van der Waals surface area contributed by atoms with Crippen molar-refractivity contribution in [3.63, 3.8) is 0 Å². The molecule has 4 rings (SSSR count). The second-order valence-electron chi connectivity index (χ2n) is 7.96. The first-order valence-electron chi connectivity index (χ1n) is 10.6. The Morgan fingerprint density at radius 3 is 2.48 bits per heavy atom. The molecule has 1 aliphatic heterocycles. The SMILES string of the molecule is COc1ccc(Cl)cc1C(=O)N1CCC(C(=O)Nc2cc(C)nn2-c2cccc(Cl)c2)CC1. The van der Waals surface area contributed by atoms with Gasteiger partial charge in [-0.05, 0) is 56.2 Å². The zero-order valence-electron chi connectivity index (χ0n) is 18.3. The standard InChI is InChI=1S/C24H24Cl2N4O3/c1-15-12-22(30(28-15)19-5-3-4-17(25)13-19)27-23(31)16-8-10-29(11-9-16)24(32)20-14-18(26)6-7-21(20)33-2/h3-7,12-14,16H,8-11H2,1-2H3,(H,27,31). The first-order chi connectivity index (χ1) is 15.9. The molecule has 2 amide bonds. The molecular formula is C24H24Cl2N4O3. The molecule has 1 aliphatic rings. The Labute approximate surface area is 202 Å². The number of nitrogens with zero attached hydrogens (tertiary/aromatic N) is 3. The Bertz CT molecular complexity index is 1190. The highest BCUT2D eigenvalue weighted by atomic mass is 35.5. The van der Waals surface area contributed by atoms with Crippen LogP contribution in [0, 0.1) is 12.8 Å². The van der Waals surface area contributed by atoms with Gasteiger partial charge in [0.05, 0.1) is 24.1 Å². The molecular weight excluding hydrogens is 463 g/mol. The predicted octanol–water partition coefficient (Wildman–Crippen LogP) is 4.99. The van der Waals surface area contributed by atoms with Gasteiger partial charge in [-0.15, -0.1) is 0 Å². The molecule has 2 aromatic carbocycles. The highest BCUT2D eigenvalue weighted by Gasteiger charge is 2.29. The summed E-state index contributed by atoms with van der Waals surface area (Å²) in [6.45, 7) is 2.81. The Morgan fingerprint density at radius 2 is 1.79 bits per heavy atom. The molecule has 0 unspecified atom stereocenters. The molecule has 1 N–H and O–H groups in total. The van der Waals surface area contributed by atoms with E-state index in [1.54, 1.807) is 39.9 Å². The highest BCUT2D eigenvalue weighted by Crippen LogP contribution is 2.27. The van der Waals surface area contributed by atoms with Crippen LogP contribution in [0.2, 0.25) is 10.0 Å². The average molecular weight is 487 g/mol. The first kappa shape index (κ1) is 23.1. The number of hydrogen-bond acceptors (Lipinski definition) is 4. The summed E-state index contributed by atoms with van der Waals surface area (Å²) in [6, 6.07) is 14.1. The fourth-order valence-corrected chi connectivity index (χ4v) is 4.34. The largest absolute Gasteiger partial charge is 0.496 e. The van der Waals surface area contributed by atoms with Gasteiger partial charge in [-0.3, -0.25) is 9.59 Å². The number of ether oxygens (including phenoxy) is 1. The van der Waals surface area contributed by atoms with E-state index in [9.17, 15) is 9.59 Å². The van der Waals surface area contributed by atoms with Crippen LogP contribution in [0.3, 0.4) is 0 Å². The molecule has 1 saturated heterocycles. The Balaban J connectivity index is 1.42. The van der Waals surface area contributed by atoms with Crippen molar-refractivity contribution in [2.45, 2.75) is 19.8 Å². The van der Waals surface area contributed by atoms with Crippen LogP contribution >= 0.6 is 23.2 Å². The van der Waals surface area contributed by atoms with Gasteiger partial charge in [-0.2, -0.15) is 5.10 Å². The number of aromatic nitrogens is 2. The number of carbonyl (C=O) groups excluding carboxylic acids is 2. The molecule has 2 heterocycles. The van der Waals surface area contributed by atoms with Crippen LogP contribution < -0.4 is 10.1 Å². The molecule has 33 heavy (non-hydrogen) atoms. The summed E-state index contributed by atoms with van der Waals surface area (Å²) in [5.41, 5.74) is 1.97. The van der Waals surface area contributed by atoms with E-state index in [0.717, 1.165) is 11.4 Å². The zero-order valence-corrected chi connectivity index (χ0v) is 19.9. The maximum absolute atomic E-state index is 13.0. The predicted molar refractivity (Wildman–Crippen MR) is 129 cm³/mol. The van der Waals surface area contributed by atoms with Crippen LogP contribution in [-0.4, -0.2) is 46.7 Å². The van der Waals surface area contributed by atoms with Gasteiger partial charge < -0.3 is 15.0 Å². The Hall–Kier alpha value is -3.03. The number of carbonyl (C=O) groups is 2. The summed E-state index contributed by atoms with van der Waals surface area (Å²) in [5, 5.41) is 8.54. The molecule has 0 aliphatic carbocycles. The number of amides is 2. The molecule has 1 aromatic heterocycles. The lowest BCUT2D eigenvalue weighted by atomic mass is 9.95. The number of benzene rings is 2. The number of anilines is 1. The third-order valence-corrected chi connectivity index (χ3v) is 6.15. The van der Waals surface area contributed by atoms with Crippen LogP contribution in [0.25, 0.3) is 5.69 Å². The van der Waals surface area contributed by atoms with Crippen molar-refractivity contribution in [1.29, 1.82) is 0 Å². The van der Waals surface area contributed by atoms with Gasteiger partial charge in [-0.25, -0.2) is 4.68 Å². The molecule has 172 valence electrons. The molecule has 1 fully saturated rings. The highest BCUT2D eigenvalue weighted by molar-refractivity contribution is 6.31. The van der Waals surface area contributed by atoms with Crippen molar-refractivity contribution in [1.82, 2.24) is 14.7 Å². The summed E-state index contributed by atoms with van der Waals surface area (Å²) in [6.07, 6.45) is 1.12. The molecule has 0 atom stereocenters. The third-order valence-electron chi connectivity index (χ3n) is 5.68. The summed E-state index contributed by atoms with van der Waals surface area (Å²) in [7, 11) is 1.52. The minimum atomic E-state index is -0.210. The number of rotatable bonds is 5. The summed E-state index contributed by atoms with van der Waals surface area (Å²) in [4.78, 5) is 27.7. The van der Waals surface area contributed by atoms with Crippen molar-refractivity contribution in [3.05, 3.63) is 69.8 Å². The van der Waals surface area contributed by atoms with Crippen LogP contribution in [0.4, 0.5) is 5.82 Å². The van der Waals surface area contributed by atoms with Gasteiger partial charge in [0.25, 0.3) is 5.91 Å². The summed E-state index contributed by atoms with van der Waals surface area (Å²) >= 11 is 12.2. The minimum absolute atomic E-state index is 0.0920. The smallest absolute Gasteiger partial charge is 0.257 e. The quantitative estimate of drug-likeness (QED) is 0.551. The van der Waals surface area contributed by atoms with Crippen molar-refractivity contribution in [2.75, 3.05) is 25.5 Å². The average Bonchev–Trinajstić information content (AvgIpc) is 3.18. The minimum Gasteiger partial charge on any atom is -0.496 e. The maximum atomic E-state index is 13.0. The number of methoxy groups -OCH3 is 1. The van der Waals surface area contributed by atoms with Gasteiger partial charge in [0.2, 0.25) is 5.91 Å². The molecule has 7 nitrogen and oxygen atoms in total. The molecule has 0 spiro atoms. The van der Waals surface area contributed by atoms with Crippen LogP contribution in [0.15, 0.2) is 48.5 Å². The maximum Gasteiger partial charge on any atom is 0.257 e. The molecule has 0 bridgehead atoms. The Morgan fingerprint density at radius 1 is 1.06 bits per heavy atom. The number of halogens is 2. The lowest BCUT2D eigenvalue weighted by Gasteiger charge is -2.31. The van der Waals surface area contributed by atoms with Gasteiger partial charge in [-0.1, -0.05) is 29.3 Å². The van der Waals surface area contributed by atoms with Crippen molar-refractivity contribution in [3.8, 4) is 11.4 Å². The van der Waals surface area contributed by atoms with E-state index in [2.05, 4.69) is 10.4 Å².